The normalized spacial score (nSPS) is 12.2. The average Bonchev–Trinajstić information content (AvgIpc) is 2.96. The van der Waals surface area contributed by atoms with Crippen LogP contribution >= 0.6 is 0 Å². The Morgan fingerprint density at radius 1 is 1.20 bits per heavy atom. The predicted molar refractivity (Wildman–Crippen MR) is 75.1 cm³/mol. The van der Waals surface area contributed by atoms with Gasteiger partial charge in [0.05, 0.1) is 12.8 Å². The van der Waals surface area contributed by atoms with Crippen LogP contribution in [0, 0.1) is 0 Å². The smallest absolute Gasteiger partial charge is 0.321 e. The minimum Gasteiger partial charge on any atom is -0.480 e. The summed E-state index contributed by atoms with van der Waals surface area (Å²) in [6.07, 6.45) is 2.07. The summed E-state index contributed by atoms with van der Waals surface area (Å²) in [7, 11) is 0. The summed E-state index contributed by atoms with van der Waals surface area (Å²) in [5, 5.41) is 15.3. The molecule has 0 radical (unpaired) electrons. The van der Waals surface area contributed by atoms with Crippen molar-refractivity contribution in [2.45, 2.75) is 19.0 Å². The van der Waals surface area contributed by atoms with Crippen LogP contribution in [0.1, 0.15) is 11.3 Å². The maximum Gasteiger partial charge on any atom is 0.321 e. The second-order valence-corrected chi connectivity index (χ2v) is 4.47. The molecule has 0 aliphatic rings. The van der Waals surface area contributed by atoms with Crippen LogP contribution in [0.4, 0.5) is 0 Å². The lowest BCUT2D eigenvalue weighted by Gasteiger charge is -2.14. The van der Waals surface area contributed by atoms with Crippen LogP contribution in [0.15, 0.2) is 53.1 Å². The lowest BCUT2D eigenvalue weighted by atomic mass is 10.1. The van der Waals surface area contributed by atoms with Gasteiger partial charge in [0, 0.05) is 6.67 Å². The van der Waals surface area contributed by atoms with Gasteiger partial charge in [0.1, 0.15) is 11.8 Å². The summed E-state index contributed by atoms with van der Waals surface area (Å²) in [5.74, 6) is -0.0320. The number of hydrogen-bond acceptors (Lipinski definition) is 4. The molecule has 5 heteroatoms. The molecule has 0 fully saturated rings. The average molecular weight is 274 g/mol. The molecular formula is C15H18N2O3. The van der Waals surface area contributed by atoms with E-state index in [0.29, 0.717) is 19.6 Å². The number of carboxylic acids is 1. The Labute approximate surface area is 117 Å². The first-order valence-corrected chi connectivity index (χ1v) is 6.49. The largest absolute Gasteiger partial charge is 0.480 e. The van der Waals surface area contributed by atoms with E-state index in [4.69, 9.17) is 4.42 Å². The lowest BCUT2D eigenvalue weighted by Crippen LogP contribution is -2.43. The highest BCUT2D eigenvalue weighted by Crippen LogP contribution is 2.03. The quantitative estimate of drug-likeness (QED) is 0.504. The van der Waals surface area contributed by atoms with Crippen molar-refractivity contribution in [2.75, 3.05) is 6.67 Å². The molecule has 0 bridgehead atoms. The van der Waals surface area contributed by atoms with Crippen LogP contribution in [-0.2, 0) is 17.8 Å². The molecule has 0 saturated heterocycles. The Bertz CT molecular complexity index is 511. The third-order valence-electron chi connectivity index (χ3n) is 2.93. The Morgan fingerprint density at radius 3 is 2.65 bits per heavy atom. The summed E-state index contributed by atoms with van der Waals surface area (Å²) in [6, 6.07) is 12.7. The summed E-state index contributed by atoms with van der Waals surface area (Å²) < 4.78 is 5.18. The van der Waals surface area contributed by atoms with E-state index in [1.54, 1.807) is 6.26 Å². The summed E-state index contributed by atoms with van der Waals surface area (Å²) in [4.78, 5) is 11.2. The third-order valence-corrected chi connectivity index (χ3v) is 2.93. The minimum atomic E-state index is -0.853. The summed E-state index contributed by atoms with van der Waals surface area (Å²) in [6.45, 7) is 0.974. The molecule has 1 aromatic carbocycles. The molecule has 3 N–H and O–H groups in total. The third kappa shape index (κ3) is 4.53. The Kier molecular flexibility index (Phi) is 5.34. The van der Waals surface area contributed by atoms with Crippen molar-refractivity contribution in [1.29, 1.82) is 0 Å². The van der Waals surface area contributed by atoms with Gasteiger partial charge in [-0.05, 0) is 24.1 Å². The van der Waals surface area contributed by atoms with E-state index in [9.17, 15) is 9.90 Å². The van der Waals surface area contributed by atoms with Gasteiger partial charge in [0.2, 0.25) is 0 Å². The zero-order chi connectivity index (χ0) is 14.2. The highest BCUT2D eigenvalue weighted by molar-refractivity contribution is 5.73. The number of hydrogen-bond donors (Lipinski definition) is 3. The van der Waals surface area contributed by atoms with Gasteiger partial charge in [-0.2, -0.15) is 0 Å². The van der Waals surface area contributed by atoms with Gasteiger partial charge in [-0.25, -0.2) is 0 Å². The number of carbonyl (C=O) groups is 1. The number of furan rings is 1. The molecule has 1 atom stereocenters. The van der Waals surface area contributed by atoms with Crippen molar-refractivity contribution in [2.24, 2.45) is 0 Å². The van der Waals surface area contributed by atoms with Crippen LogP contribution in [-0.4, -0.2) is 23.8 Å². The minimum absolute atomic E-state index is 0.407. The summed E-state index contributed by atoms with van der Waals surface area (Å²) >= 11 is 0. The van der Waals surface area contributed by atoms with Crippen molar-refractivity contribution in [3.63, 3.8) is 0 Å². The fourth-order valence-corrected chi connectivity index (χ4v) is 1.89. The van der Waals surface area contributed by atoms with Gasteiger partial charge in [0.25, 0.3) is 0 Å². The van der Waals surface area contributed by atoms with E-state index < -0.39 is 12.0 Å². The molecule has 5 nitrogen and oxygen atoms in total. The second kappa shape index (κ2) is 7.47. The number of aliphatic carboxylic acids is 1. The molecule has 106 valence electrons. The van der Waals surface area contributed by atoms with E-state index in [1.165, 1.54) is 0 Å². The molecule has 0 spiro atoms. The monoisotopic (exact) mass is 274 g/mol. The van der Waals surface area contributed by atoms with E-state index in [2.05, 4.69) is 10.6 Å². The molecule has 0 unspecified atom stereocenters. The van der Waals surface area contributed by atoms with E-state index in [1.807, 2.05) is 42.5 Å². The van der Waals surface area contributed by atoms with Gasteiger partial charge in [-0.1, -0.05) is 30.3 Å². The molecule has 20 heavy (non-hydrogen) atoms. The molecule has 1 aromatic heterocycles. The Hall–Kier alpha value is -2.11. The number of nitrogens with one attached hydrogen (secondary N) is 2. The van der Waals surface area contributed by atoms with Crippen LogP contribution in [0.2, 0.25) is 0 Å². The molecule has 2 aromatic rings. The maximum absolute atomic E-state index is 11.2. The second-order valence-electron chi connectivity index (χ2n) is 4.47. The first kappa shape index (κ1) is 14.3. The topological polar surface area (TPSA) is 74.5 Å². The number of rotatable bonds is 8. The van der Waals surface area contributed by atoms with E-state index >= 15 is 0 Å². The van der Waals surface area contributed by atoms with Crippen LogP contribution < -0.4 is 10.6 Å². The zero-order valence-electron chi connectivity index (χ0n) is 11.1. The van der Waals surface area contributed by atoms with Crippen LogP contribution in [0.25, 0.3) is 0 Å². The molecule has 2 rings (SSSR count). The summed E-state index contributed by atoms with van der Waals surface area (Å²) in [5.41, 5.74) is 0.999. The van der Waals surface area contributed by atoms with Crippen LogP contribution in [0.5, 0.6) is 0 Å². The van der Waals surface area contributed by atoms with Crippen molar-refractivity contribution in [3.8, 4) is 0 Å². The SMILES string of the molecule is O=C(O)[C@H](Cc1ccccc1)NCNCc1ccco1. The Morgan fingerprint density at radius 2 is 2.00 bits per heavy atom. The maximum atomic E-state index is 11.2. The first-order chi connectivity index (χ1) is 9.75. The van der Waals surface area contributed by atoms with Gasteiger partial charge in [0.15, 0.2) is 0 Å². The first-order valence-electron chi connectivity index (χ1n) is 6.49. The molecule has 0 saturated carbocycles. The zero-order valence-corrected chi connectivity index (χ0v) is 11.1. The van der Waals surface area contributed by atoms with Crippen molar-refractivity contribution in [3.05, 3.63) is 60.1 Å². The van der Waals surface area contributed by atoms with Crippen molar-refractivity contribution >= 4 is 5.97 Å². The number of carboxylic acid groups (broad SMARTS) is 1. The van der Waals surface area contributed by atoms with Gasteiger partial charge >= 0.3 is 5.97 Å². The van der Waals surface area contributed by atoms with E-state index in [-0.39, 0.29) is 0 Å². The van der Waals surface area contributed by atoms with Crippen LogP contribution in [0.3, 0.4) is 0 Å². The fraction of sp³-hybridized carbons (Fsp3) is 0.267. The number of benzene rings is 1. The fourth-order valence-electron chi connectivity index (χ4n) is 1.89. The molecule has 0 aliphatic carbocycles. The Balaban J connectivity index is 1.76. The van der Waals surface area contributed by atoms with E-state index in [0.717, 1.165) is 11.3 Å². The van der Waals surface area contributed by atoms with Gasteiger partial charge < -0.3 is 9.52 Å². The van der Waals surface area contributed by atoms with Crippen molar-refractivity contribution in [1.82, 2.24) is 10.6 Å². The predicted octanol–water partition coefficient (Wildman–Crippen LogP) is 1.61. The molecule has 0 amide bonds. The highest BCUT2D eigenvalue weighted by Gasteiger charge is 2.16. The molecule has 0 aliphatic heterocycles. The van der Waals surface area contributed by atoms with Gasteiger partial charge in [-0.15, -0.1) is 0 Å². The van der Waals surface area contributed by atoms with Crippen molar-refractivity contribution < 1.29 is 14.3 Å². The lowest BCUT2D eigenvalue weighted by molar-refractivity contribution is -0.139. The highest BCUT2D eigenvalue weighted by atomic mass is 16.4. The standard InChI is InChI=1S/C15H18N2O3/c18-15(19)14(9-12-5-2-1-3-6-12)17-11-16-10-13-7-4-8-20-13/h1-8,14,16-17H,9-11H2,(H,18,19)/t14-/m0/s1. The molecule has 1 heterocycles. The molecular weight excluding hydrogens is 256 g/mol. The van der Waals surface area contributed by atoms with Gasteiger partial charge in [-0.3, -0.25) is 15.4 Å².